The molecule has 0 radical (unpaired) electrons. The second-order valence-corrected chi connectivity index (χ2v) is 4.53. The number of aliphatic hydroxyl groups is 2. The van der Waals surface area contributed by atoms with Gasteiger partial charge in [0.25, 0.3) is 5.91 Å². The molecule has 3 N–H and O–H groups in total. The summed E-state index contributed by atoms with van der Waals surface area (Å²) in [5.74, 6) is 0.347. The molecule has 5 heteroatoms. The number of aliphatic hydroxyl groups excluding tert-OH is 2. The lowest BCUT2D eigenvalue weighted by molar-refractivity contribution is 0.0632. The van der Waals surface area contributed by atoms with Gasteiger partial charge in [0, 0.05) is 5.56 Å². The number of methoxy groups -OCH3 is 1. The molecule has 0 heterocycles. The Morgan fingerprint density at radius 3 is 2.26 bits per heavy atom. The minimum atomic E-state index is -0.967. The van der Waals surface area contributed by atoms with E-state index in [2.05, 4.69) is 5.32 Å². The van der Waals surface area contributed by atoms with Crippen molar-refractivity contribution in [1.29, 1.82) is 0 Å². The Bertz CT molecular complexity index is 398. The molecule has 1 aromatic carbocycles. The van der Waals surface area contributed by atoms with E-state index < -0.39 is 5.54 Å². The van der Waals surface area contributed by atoms with Crippen LogP contribution in [0.15, 0.2) is 24.3 Å². The first-order valence-corrected chi connectivity index (χ1v) is 6.29. The Kier molecular flexibility index (Phi) is 5.79. The van der Waals surface area contributed by atoms with Gasteiger partial charge >= 0.3 is 0 Å². The summed E-state index contributed by atoms with van der Waals surface area (Å²) in [5.41, 5.74) is -0.505. The van der Waals surface area contributed by atoms with E-state index in [1.807, 2.05) is 6.92 Å². The summed E-state index contributed by atoms with van der Waals surface area (Å²) in [5, 5.41) is 21.5. The molecule has 106 valence electrons. The number of ether oxygens (including phenoxy) is 1. The van der Waals surface area contributed by atoms with E-state index in [-0.39, 0.29) is 19.1 Å². The van der Waals surface area contributed by atoms with E-state index >= 15 is 0 Å². The van der Waals surface area contributed by atoms with Gasteiger partial charge in [-0.3, -0.25) is 4.79 Å². The number of amides is 1. The zero-order valence-corrected chi connectivity index (χ0v) is 11.3. The number of benzene rings is 1. The predicted octanol–water partition coefficient (Wildman–Crippen LogP) is 0.948. The van der Waals surface area contributed by atoms with E-state index in [9.17, 15) is 15.0 Å². The van der Waals surface area contributed by atoms with Crippen molar-refractivity contribution in [3.8, 4) is 5.75 Å². The van der Waals surface area contributed by atoms with Crippen molar-refractivity contribution in [1.82, 2.24) is 5.32 Å². The van der Waals surface area contributed by atoms with Gasteiger partial charge in [-0.1, -0.05) is 13.3 Å². The molecule has 1 aromatic rings. The molecule has 0 aliphatic rings. The van der Waals surface area contributed by atoms with Crippen LogP contribution in [-0.2, 0) is 0 Å². The van der Waals surface area contributed by atoms with Crippen molar-refractivity contribution in [2.45, 2.75) is 25.3 Å². The highest BCUT2D eigenvalue weighted by molar-refractivity contribution is 5.94. The molecule has 0 aliphatic heterocycles. The van der Waals surface area contributed by atoms with Gasteiger partial charge in [-0.05, 0) is 30.7 Å². The first-order chi connectivity index (χ1) is 9.10. The maximum absolute atomic E-state index is 12.1. The fourth-order valence-corrected chi connectivity index (χ4v) is 1.88. The fraction of sp³-hybridized carbons (Fsp3) is 0.500. The topological polar surface area (TPSA) is 78.8 Å². The van der Waals surface area contributed by atoms with Crippen LogP contribution in [0, 0.1) is 0 Å². The second kappa shape index (κ2) is 7.11. The third kappa shape index (κ3) is 3.94. The van der Waals surface area contributed by atoms with E-state index in [0.29, 0.717) is 17.7 Å². The number of rotatable bonds is 7. The molecule has 1 rings (SSSR count). The Hall–Kier alpha value is -1.59. The van der Waals surface area contributed by atoms with Gasteiger partial charge in [-0.25, -0.2) is 0 Å². The van der Waals surface area contributed by atoms with Crippen LogP contribution in [0.2, 0.25) is 0 Å². The van der Waals surface area contributed by atoms with Crippen molar-refractivity contribution >= 4 is 5.91 Å². The highest BCUT2D eigenvalue weighted by atomic mass is 16.5. The number of nitrogens with one attached hydrogen (secondary N) is 1. The predicted molar refractivity (Wildman–Crippen MR) is 72.3 cm³/mol. The van der Waals surface area contributed by atoms with Gasteiger partial charge in [-0.2, -0.15) is 0 Å². The molecule has 0 unspecified atom stereocenters. The summed E-state index contributed by atoms with van der Waals surface area (Å²) in [7, 11) is 1.55. The van der Waals surface area contributed by atoms with E-state index in [0.717, 1.165) is 6.42 Å². The van der Waals surface area contributed by atoms with Crippen LogP contribution in [0.25, 0.3) is 0 Å². The summed E-state index contributed by atoms with van der Waals surface area (Å²) in [4.78, 5) is 12.1. The Morgan fingerprint density at radius 1 is 1.26 bits per heavy atom. The molecule has 1 amide bonds. The third-order valence-corrected chi connectivity index (χ3v) is 3.06. The zero-order valence-electron chi connectivity index (χ0n) is 11.3. The number of carbonyl (C=O) groups excluding carboxylic acids is 1. The SMILES string of the molecule is CCCC(CO)(CO)NC(=O)c1ccc(OC)cc1. The lowest BCUT2D eigenvalue weighted by Crippen LogP contribution is -2.54. The summed E-state index contributed by atoms with van der Waals surface area (Å²) in [6.45, 7) is 1.35. The highest BCUT2D eigenvalue weighted by Gasteiger charge is 2.29. The molecular weight excluding hydrogens is 246 g/mol. The molecule has 0 saturated carbocycles. The maximum atomic E-state index is 12.1. The summed E-state index contributed by atoms with van der Waals surface area (Å²) in [6, 6.07) is 6.65. The minimum absolute atomic E-state index is 0.292. The zero-order chi connectivity index (χ0) is 14.3. The lowest BCUT2D eigenvalue weighted by atomic mass is 9.95. The summed E-state index contributed by atoms with van der Waals surface area (Å²) >= 11 is 0. The Morgan fingerprint density at radius 2 is 1.84 bits per heavy atom. The quantitative estimate of drug-likeness (QED) is 0.687. The summed E-state index contributed by atoms with van der Waals surface area (Å²) in [6.07, 6.45) is 1.27. The van der Waals surface area contributed by atoms with Gasteiger partial charge in [0.2, 0.25) is 0 Å². The van der Waals surface area contributed by atoms with Crippen LogP contribution in [0.5, 0.6) is 5.75 Å². The van der Waals surface area contributed by atoms with Crippen LogP contribution in [0.3, 0.4) is 0 Å². The molecule has 0 bridgehead atoms. The maximum Gasteiger partial charge on any atom is 0.251 e. The van der Waals surface area contributed by atoms with Gasteiger partial charge < -0.3 is 20.3 Å². The van der Waals surface area contributed by atoms with Crippen molar-refractivity contribution in [3.63, 3.8) is 0 Å². The van der Waals surface area contributed by atoms with E-state index in [1.54, 1.807) is 31.4 Å². The minimum Gasteiger partial charge on any atom is -0.497 e. The Balaban J connectivity index is 2.80. The molecular formula is C14H21NO4. The molecule has 0 fully saturated rings. The molecule has 0 saturated heterocycles. The molecule has 0 aromatic heterocycles. The first-order valence-electron chi connectivity index (χ1n) is 6.29. The smallest absolute Gasteiger partial charge is 0.251 e. The molecule has 0 aliphatic carbocycles. The number of carbonyl (C=O) groups is 1. The van der Waals surface area contributed by atoms with Gasteiger partial charge in [0.15, 0.2) is 0 Å². The first kappa shape index (κ1) is 15.5. The van der Waals surface area contributed by atoms with Crippen molar-refractivity contribution in [3.05, 3.63) is 29.8 Å². The van der Waals surface area contributed by atoms with Crippen LogP contribution in [-0.4, -0.2) is 42.0 Å². The lowest BCUT2D eigenvalue weighted by Gasteiger charge is -2.30. The molecule has 5 nitrogen and oxygen atoms in total. The number of hydrogen-bond acceptors (Lipinski definition) is 4. The van der Waals surface area contributed by atoms with Crippen molar-refractivity contribution < 1.29 is 19.7 Å². The Labute approximate surface area is 113 Å². The molecule has 19 heavy (non-hydrogen) atoms. The van der Waals surface area contributed by atoms with Crippen molar-refractivity contribution in [2.75, 3.05) is 20.3 Å². The largest absolute Gasteiger partial charge is 0.497 e. The van der Waals surface area contributed by atoms with Gasteiger partial charge in [0.05, 0.1) is 25.9 Å². The van der Waals surface area contributed by atoms with Gasteiger partial charge in [-0.15, -0.1) is 0 Å². The third-order valence-electron chi connectivity index (χ3n) is 3.06. The van der Waals surface area contributed by atoms with Crippen LogP contribution < -0.4 is 10.1 Å². The monoisotopic (exact) mass is 267 g/mol. The number of hydrogen-bond donors (Lipinski definition) is 3. The van der Waals surface area contributed by atoms with Crippen molar-refractivity contribution in [2.24, 2.45) is 0 Å². The van der Waals surface area contributed by atoms with Crippen LogP contribution in [0.1, 0.15) is 30.1 Å². The normalized spacial score (nSPS) is 11.2. The van der Waals surface area contributed by atoms with Gasteiger partial charge in [0.1, 0.15) is 5.75 Å². The molecule has 0 spiro atoms. The standard InChI is InChI=1S/C14H21NO4/c1-3-8-14(9-16,10-17)15-13(18)11-4-6-12(19-2)7-5-11/h4-7,16-17H,3,8-10H2,1-2H3,(H,15,18). The summed E-state index contributed by atoms with van der Waals surface area (Å²) < 4.78 is 5.02. The van der Waals surface area contributed by atoms with E-state index in [4.69, 9.17) is 4.74 Å². The average Bonchev–Trinajstić information content (AvgIpc) is 2.46. The molecule has 0 atom stereocenters. The average molecular weight is 267 g/mol. The highest BCUT2D eigenvalue weighted by Crippen LogP contribution is 2.15. The second-order valence-electron chi connectivity index (χ2n) is 4.53. The van der Waals surface area contributed by atoms with E-state index in [1.165, 1.54) is 0 Å². The van der Waals surface area contributed by atoms with Crippen LogP contribution in [0.4, 0.5) is 0 Å². The van der Waals surface area contributed by atoms with Crippen LogP contribution >= 0.6 is 0 Å². The fourth-order valence-electron chi connectivity index (χ4n) is 1.88.